The Hall–Kier alpha value is -3.08. The van der Waals surface area contributed by atoms with Crippen LogP contribution in [0.2, 0.25) is 5.02 Å². The van der Waals surface area contributed by atoms with Crippen LogP contribution in [0.1, 0.15) is 66.9 Å². The van der Waals surface area contributed by atoms with Crippen molar-refractivity contribution in [2.45, 2.75) is 64.5 Å². The standard InChI is InChI=1S/C34H45ClN4O5S/c1-4-38(2)34(41)37-45(42)19-9-5-6-11-31(43-3)29-16-13-27(29)23-39-22-26-12-15-28(35)20-24(26)10-7-8-18-44-32-17-14-25(21-30(32)39)33(40)36-45/h6,11-12,14-15,17,20-21,27,29,31H,4-5,7-10,13,16,18-19,22-23H2,1-3H3,(H,36,37,40,41,42)/b11-6+/t27-,29+,31-,45?/m0/s1. The van der Waals surface area contributed by atoms with Gasteiger partial charge in [0.05, 0.1) is 24.2 Å². The molecule has 2 aliphatic heterocycles. The summed E-state index contributed by atoms with van der Waals surface area (Å²) in [5.41, 5.74) is 3.50. The number of nitrogens with zero attached hydrogens (tertiary/aromatic N) is 3. The number of ether oxygens (including phenoxy) is 2. The summed E-state index contributed by atoms with van der Waals surface area (Å²) in [7, 11) is -0.0295. The van der Waals surface area contributed by atoms with Crippen LogP contribution in [0.5, 0.6) is 5.75 Å². The molecular formula is C34H45ClN4O5S. The van der Waals surface area contributed by atoms with Gasteiger partial charge in [-0.3, -0.25) is 9.52 Å². The molecule has 4 atom stereocenters. The van der Waals surface area contributed by atoms with Gasteiger partial charge >= 0.3 is 6.03 Å². The Morgan fingerprint density at radius 2 is 2.02 bits per heavy atom. The van der Waals surface area contributed by atoms with Crippen molar-refractivity contribution in [2.24, 2.45) is 16.2 Å². The highest BCUT2D eigenvalue weighted by Gasteiger charge is 2.38. The summed E-state index contributed by atoms with van der Waals surface area (Å²) >= 11 is 6.43. The molecule has 0 spiro atoms. The molecule has 2 bridgehead atoms. The molecule has 11 heteroatoms. The molecule has 5 rings (SSSR count). The van der Waals surface area contributed by atoms with Gasteiger partial charge in [0, 0.05) is 44.4 Å². The SMILES string of the molecule is CCN(C)C(=O)NS1(=O)=NC(=O)c2ccc3c(c2)N(Cc2ccc(Cl)cc2CCCCO3)C[C@@H]2CC[C@H]2[C@@H](OC)/C=C/CCC1. The summed E-state index contributed by atoms with van der Waals surface area (Å²) in [6.45, 7) is 4.16. The Morgan fingerprint density at radius 3 is 2.78 bits per heavy atom. The molecular weight excluding hydrogens is 612 g/mol. The fourth-order valence-corrected chi connectivity index (χ4v) is 8.07. The van der Waals surface area contributed by atoms with E-state index >= 15 is 0 Å². The molecule has 1 N–H and O–H groups in total. The lowest BCUT2D eigenvalue weighted by Gasteiger charge is -2.43. The third-order valence-corrected chi connectivity index (χ3v) is 11.2. The summed E-state index contributed by atoms with van der Waals surface area (Å²) in [5, 5.41) is 0.720. The maximum Gasteiger partial charge on any atom is 0.329 e. The van der Waals surface area contributed by atoms with Crippen molar-refractivity contribution in [1.82, 2.24) is 9.62 Å². The molecule has 1 unspecified atom stereocenters. The van der Waals surface area contributed by atoms with Crippen LogP contribution in [0, 0.1) is 11.8 Å². The molecule has 45 heavy (non-hydrogen) atoms. The number of halogens is 1. The van der Waals surface area contributed by atoms with Crippen LogP contribution >= 0.6 is 11.6 Å². The largest absolute Gasteiger partial charge is 0.491 e. The van der Waals surface area contributed by atoms with Crippen molar-refractivity contribution in [3.8, 4) is 5.75 Å². The quantitative estimate of drug-likeness (QED) is 0.372. The summed E-state index contributed by atoms with van der Waals surface area (Å²) in [4.78, 5) is 30.2. The fraction of sp³-hybridized carbons (Fsp3) is 0.529. The Kier molecular flexibility index (Phi) is 11.1. The third kappa shape index (κ3) is 8.20. The number of aryl methyl sites for hydroxylation is 1. The first kappa shape index (κ1) is 33.3. The van der Waals surface area contributed by atoms with Crippen molar-refractivity contribution in [2.75, 3.05) is 44.5 Å². The highest BCUT2D eigenvalue weighted by Crippen LogP contribution is 2.42. The Morgan fingerprint density at radius 1 is 1.18 bits per heavy atom. The van der Waals surface area contributed by atoms with Crippen molar-refractivity contribution in [3.63, 3.8) is 0 Å². The Bertz CT molecular complexity index is 1540. The predicted octanol–water partition coefficient (Wildman–Crippen LogP) is 6.64. The van der Waals surface area contributed by atoms with Gasteiger partial charge in [-0.2, -0.15) is 0 Å². The minimum absolute atomic E-state index is 0.0396. The van der Waals surface area contributed by atoms with Gasteiger partial charge in [-0.25, -0.2) is 9.00 Å². The lowest BCUT2D eigenvalue weighted by atomic mass is 9.70. The number of hydrogen-bond donors (Lipinski definition) is 1. The van der Waals surface area contributed by atoms with Crippen LogP contribution in [-0.2, 0) is 27.6 Å². The lowest BCUT2D eigenvalue weighted by molar-refractivity contribution is 0.0134. The van der Waals surface area contributed by atoms with Gasteiger partial charge in [-0.1, -0.05) is 29.8 Å². The van der Waals surface area contributed by atoms with Crippen LogP contribution < -0.4 is 14.4 Å². The number of amides is 3. The number of nitrogens with one attached hydrogen (secondary N) is 1. The van der Waals surface area contributed by atoms with Crippen LogP contribution in [0.25, 0.3) is 0 Å². The monoisotopic (exact) mass is 656 g/mol. The van der Waals surface area contributed by atoms with Crippen molar-refractivity contribution < 1.29 is 23.3 Å². The molecule has 0 aromatic heterocycles. The number of carbonyl (C=O) groups excluding carboxylic acids is 2. The number of carbonyl (C=O) groups is 2. The predicted molar refractivity (Wildman–Crippen MR) is 179 cm³/mol. The topological polar surface area (TPSA) is 101 Å². The first-order valence-corrected chi connectivity index (χ1v) is 18.1. The number of benzene rings is 2. The number of hydrogen-bond acceptors (Lipinski definition) is 6. The van der Waals surface area contributed by atoms with Gasteiger partial charge in [0.15, 0.2) is 0 Å². The summed E-state index contributed by atoms with van der Waals surface area (Å²) in [5.74, 6) is 0.847. The normalized spacial score (nSPS) is 26.4. The molecule has 1 saturated carbocycles. The smallest absolute Gasteiger partial charge is 0.329 e. The van der Waals surface area contributed by atoms with E-state index in [1.54, 1.807) is 20.2 Å². The van der Waals surface area contributed by atoms with E-state index in [-0.39, 0.29) is 11.9 Å². The fourth-order valence-electron chi connectivity index (χ4n) is 6.28. The molecule has 2 aromatic rings. The van der Waals surface area contributed by atoms with E-state index in [4.69, 9.17) is 21.1 Å². The van der Waals surface area contributed by atoms with Crippen LogP contribution in [0.15, 0.2) is 52.9 Å². The molecule has 1 aliphatic carbocycles. The zero-order chi connectivity index (χ0) is 32.0. The van der Waals surface area contributed by atoms with Crippen LogP contribution in [0.4, 0.5) is 10.5 Å². The third-order valence-electron chi connectivity index (χ3n) is 9.22. The van der Waals surface area contributed by atoms with Crippen LogP contribution in [-0.4, -0.2) is 66.8 Å². The zero-order valence-corrected chi connectivity index (χ0v) is 28.1. The number of methoxy groups -OCH3 is 1. The van der Waals surface area contributed by atoms with E-state index in [0.29, 0.717) is 55.7 Å². The minimum Gasteiger partial charge on any atom is -0.491 e. The second-order valence-corrected chi connectivity index (χ2v) is 14.7. The molecule has 244 valence electrons. The molecule has 3 aliphatic rings. The van der Waals surface area contributed by atoms with E-state index in [1.807, 2.05) is 25.1 Å². The van der Waals surface area contributed by atoms with E-state index in [9.17, 15) is 13.8 Å². The van der Waals surface area contributed by atoms with Gasteiger partial charge in [0.1, 0.15) is 15.7 Å². The second-order valence-electron chi connectivity index (χ2n) is 12.2. The van der Waals surface area contributed by atoms with Crippen molar-refractivity contribution in [1.29, 1.82) is 0 Å². The molecule has 0 radical (unpaired) electrons. The molecule has 0 saturated heterocycles. The van der Waals surface area contributed by atoms with E-state index in [0.717, 1.165) is 49.4 Å². The highest BCUT2D eigenvalue weighted by molar-refractivity contribution is 7.92. The first-order chi connectivity index (χ1) is 21.7. The molecule has 2 aromatic carbocycles. The van der Waals surface area contributed by atoms with E-state index in [2.05, 4.69) is 38.3 Å². The number of allylic oxidation sites excluding steroid dienone is 1. The highest BCUT2D eigenvalue weighted by atomic mass is 35.5. The van der Waals surface area contributed by atoms with Gasteiger partial charge < -0.3 is 19.3 Å². The van der Waals surface area contributed by atoms with E-state index < -0.39 is 21.9 Å². The summed E-state index contributed by atoms with van der Waals surface area (Å²) < 4.78 is 33.1. The Balaban J connectivity index is 1.61. The molecule has 1 fully saturated rings. The number of fused-ring (bicyclic) bond motifs is 3. The average molecular weight is 657 g/mol. The van der Waals surface area contributed by atoms with E-state index in [1.165, 1.54) is 16.0 Å². The first-order valence-electron chi connectivity index (χ1n) is 16.0. The van der Waals surface area contributed by atoms with Crippen molar-refractivity contribution >= 4 is 39.1 Å². The van der Waals surface area contributed by atoms with Crippen molar-refractivity contribution in [3.05, 3.63) is 70.3 Å². The molecule has 3 amide bonds. The van der Waals surface area contributed by atoms with Gasteiger partial charge in [-0.05, 0) is 105 Å². The Labute approximate surface area is 272 Å². The second kappa shape index (κ2) is 15.0. The summed E-state index contributed by atoms with van der Waals surface area (Å²) in [6.07, 6.45) is 10.1. The number of urea groups is 1. The van der Waals surface area contributed by atoms with Gasteiger partial charge in [0.25, 0.3) is 5.91 Å². The van der Waals surface area contributed by atoms with Gasteiger partial charge in [-0.15, -0.1) is 4.36 Å². The van der Waals surface area contributed by atoms with Crippen LogP contribution in [0.3, 0.4) is 0 Å². The molecule has 2 heterocycles. The maximum absolute atomic E-state index is 14.0. The molecule has 9 nitrogen and oxygen atoms in total. The number of rotatable bonds is 3. The zero-order valence-electron chi connectivity index (χ0n) is 26.5. The average Bonchev–Trinajstić information content (AvgIpc) is 3.04. The summed E-state index contributed by atoms with van der Waals surface area (Å²) in [6, 6.07) is 10.9. The number of anilines is 1. The lowest BCUT2D eigenvalue weighted by Crippen LogP contribution is -2.43. The minimum atomic E-state index is -3.39. The van der Waals surface area contributed by atoms with Gasteiger partial charge in [0.2, 0.25) is 0 Å². The maximum atomic E-state index is 14.0.